The monoisotopic (exact) mass is 318 g/mol. The van der Waals surface area contributed by atoms with Crippen molar-refractivity contribution in [3.05, 3.63) is 29.8 Å². The molecule has 0 radical (unpaired) electrons. The van der Waals surface area contributed by atoms with Crippen LogP contribution in [0.15, 0.2) is 24.3 Å². The highest BCUT2D eigenvalue weighted by Gasteiger charge is 2.18. The fourth-order valence-electron chi connectivity index (χ4n) is 3.36. The Balaban J connectivity index is 1.72. The van der Waals surface area contributed by atoms with Crippen LogP contribution in [0.4, 0.5) is 0 Å². The van der Waals surface area contributed by atoms with Crippen molar-refractivity contribution in [3.8, 4) is 5.75 Å². The van der Waals surface area contributed by atoms with Gasteiger partial charge in [-0.25, -0.2) is 0 Å². The second-order valence-electron chi connectivity index (χ2n) is 6.47. The second kappa shape index (κ2) is 9.56. The Morgan fingerprint density at radius 2 is 1.91 bits per heavy atom. The molecular weight excluding hydrogens is 288 g/mol. The highest BCUT2D eigenvalue weighted by molar-refractivity contribution is 5.78. The first-order valence-electron chi connectivity index (χ1n) is 8.79. The van der Waals surface area contributed by atoms with E-state index in [1.807, 2.05) is 24.3 Å². The summed E-state index contributed by atoms with van der Waals surface area (Å²) >= 11 is 0. The van der Waals surface area contributed by atoms with Gasteiger partial charge in [0.2, 0.25) is 5.91 Å². The minimum absolute atomic E-state index is 0.117. The number of likely N-dealkylation sites (N-methyl/N-ethyl adjacent to an activating group) is 1. The van der Waals surface area contributed by atoms with Gasteiger partial charge >= 0.3 is 0 Å². The summed E-state index contributed by atoms with van der Waals surface area (Å²) in [7, 11) is 3.76. The molecule has 23 heavy (non-hydrogen) atoms. The first-order chi connectivity index (χ1) is 11.2. The highest BCUT2D eigenvalue weighted by atomic mass is 16.5. The van der Waals surface area contributed by atoms with Crippen LogP contribution in [-0.2, 0) is 11.2 Å². The average Bonchev–Trinajstić information content (AvgIpc) is 2.84. The molecule has 1 aliphatic rings. The summed E-state index contributed by atoms with van der Waals surface area (Å²) in [6, 6.07) is 8.53. The van der Waals surface area contributed by atoms with Crippen molar-refractivity contribution in [2.45, 2.75) is 51.0 Å². The zero-order valence-corrected chi connectivity index (χ0v) is 14.5. The van der Waals surface area contributed by atoms with E-state index in [2.05, 4.69) is 17.3 Å². The molecule has 0 aliphatic heterocycles. The van der Waals surface area contributed by atoms with Crippen molar-refractivity contribution in [1.82, 2.24) is 10.2 Å². The number of amides is 1. The number of methoxy groups -OCH3 is 1. The van der Waals surface area contributed by atoms with Gasteiger partial charge in [0.15, 0.2) is 0 Å². The van der Waals surface area contributed by atoms with Crippen LogP contribution >= 0.6 is 0 Å². The maximum atomic E-state index is 12.1. The fourth-order valence-corrected chi connectivity index (χ4v) is 3.36. The molecule has 0 atom stereocenters. The van der Waals surface area contributed by atoms with Crippen molar-refractivity contribution in [3.63, 3.8) is 0 Å². The van der Waals surface area contributed by atoms with E-state index in [0.717, 1.165) is 17.7 Å². The van der Waals surface area contributed by atoms with Gasteiger partial charge in [0.05, 0.1) is 13.7 Å². The van der Waals surface area contributed by atoms with Crippen LogP contribution in [0.5, 0.6) is 5.75 Å². The van der Waals surface area contributed by atoms with E-state index in [0.29, 0.717) is 19.1 Å². The number of para-hydroxylation sites is 1. The lowest BCUT2D eigenvalue weighted by Crippen LogP contribution is -2.41. The van der Waals surface area contributed by atoms with E-state index in [4.69, 9.17) is 4.74 Å². The molecule has 128 valence electrons. The van der Waals surface area contributed by atoms with Crippen molar-refractivity contribution in [1.29, 1.82) is 0 Å². The maximum absolute atomic E-state index is 12.1. The summed E-state index contributed by atoms with van der Waals surface area (Å²) in [5, 5.41) is 3.03. The summed E-state index contributed by atoms with van der Waals surface area (Å²) in [5.74, 6) is 1.00. The van der Waals surface area contributed by atoms with Gasteiger partial charge in [-0.3, -0.25) is 9.69 Å². The molecule has 1 N–H and O–H groups in total. The molecule has 0 bridgehead atoms. The number of hydrogen-bond donors (Lipinski definition) is 1. The molecule has 1 aromatic rings. The summed E-state index contributed by atoms with van der Waals surface area (Å²) in [6.07, 6.45) is 8.53. The lowest BCUT2D eigenvalue weighted by atomic mass is 10.1. The van der Waals surface area contributed by atoms with Gasteiger partial charge < -0.3 is 10.1 Å². The van der Waals surface area contributed by atoms with E-state index in [1.54, 1.807) is 7.11 Å². The third-order valence-corrected chi connectivity index (χ3v) is 4.75. The lowest BCUT2D eigenvalue weighted by molar-refractivity contribution is -0.122. The average molecular weight is 318 g/mol. The predicted molar refractivity (Wildman–Crippen MR) is 93.8 cm³/mol. The normalized spacial score (nSPS) is 16.1. The van der Waals surface area contributed by atoms with Crippen molar-refractivity contribution < 1.29 is 9.53 Å². The number of carbonyl (C=O) groups is 1. The van der Waals surface area contributed by atoms with Crippen LogP contribution in [0, 0.1) is 0 Å². The van der Waals surface area contributed by atoms with Gasteiger partial charge in [-0.2, -0.15) is 0 Å². The van der Waals surface area contributed by atoms with E-state index in [1.165, 1.54) is 38.5 Å². The molecule has 0 heterocycles. The smallest absolute Gasteiger partial charge is 0.234 e. The van der Waals surface area contributed by atoms with Gasteiger partial charge in [-0.05, 0) is 37.9 Å². The Hall–Kier alpha value is -1.55. The van der Waals surface area contributed by atoms with Gasteiger partial charge in [0, 0.05) is 12.6 Å². The quantitative estimate of drug-likeness (QED) is 0.786. The third kappa shape index (κ3) is 5.87. The SMILES string of the molecule is COc1ccccc1CCNC(=O)CN(C)C1CCCCCC1. The highest BCUT2D eigenvalue weighted by Crippen LogP contribution is 2.21. The molecule has 1 amide bonds. The molecule has 2 rings (SSSR count). The van der Waals surface area contributed by atoms with Gasteiger partial charge in [-0.1, -0.05) is 43.9 Å². The number of carbonyl (C=O) groups excluding carboxylic acids is 1. The molecular formula is C19H30N2O2. The number of benzene rings is 1. The Labute approximate surface area is 140 Å². The van der Waals surface area contributed by atoms with E-state index >= 15 is 0 Å². The Bertz CT molecular complexity index is 482. The molecule has 4 heteroatoms. The molecule has 0 saturated heterocycles. The van der Waals surface area contributed by atoms with Crippen LogP contribution in [-0.4, -0.2) is 44.1 Å². The number of ether oxygens (including phenoxy) is 1. The number of nitrogens with zero attached hydrogens (tertiary/aromatic N) is 1. The number of rotatable bonds is 7. The predicted octanol–water partition coefficient (Wildman–Crippen LogP) is 3.01. The Kier molecular flexibility index (Phi) is 7.40. The van der Waals surface area contributed by atoms with Crippen LogP contribution in [0.3, 0.4) is 0 Å². The summed E-state index contributed by atoms with van der Waals surface area (Å²) in [6.45, 7) is 1.15. The maximum Gasteiger partial charge on any atom is 0.234 e. The Morgan fingerprint density at radius 3 is 2.61 bits per heavy atom. The zero-order chi connectivity index (χ0) is 16.5. The topological polar surface area (TPSA) is 41.6 Å². The van der Waals surface area contributed by atoms with Gasteiger partial charge in [-0.15, -0.1) is 0 Å². The van der Waals surface area contributed by atoms with Crippen molar-refractivity contribution >= 4 is 5.91 Å². The molecule has 1 saturated carbocycles. The summed E-state index contributed by atoms with van der Waals surface area (Å²) in [5.41, 5.74) is 1.13. The molecule has 4 nitrogen and oxygen atoms in total. The van der Waals surface area contributed by atoms with Crippen molar-refractivity contribution in [2.24, 2.45) is 0 Å². The molecule has 1 fully saturated rings. The second-order valence-corrected chi connectivity index (χ2v) is 6.47. The Morgan fingerprint density at radius 1 is 1.22 bits per heavy atom. The molecule has 0 unspecified atom stereocenters. The largest absolute Gasteiger partial charge is 0.496 e. The third-order valence-electron chi connectivity index (χ3n) is 4.75. The molecule has 0 aromatic heterocycles. The van der Waals surface area contributed by atoms with Crippen LogP contribution in [0.2, 0.25) is 0 Å². The molecule has 1 aromatic carbocycles. The zero-order valence-electron chi connectivity index (χ0n) is 14.5. The van der Waals surface area contributed by atoms with Crippen LogP contribution in [0.25, 0.3) is 0 Å². The van der Waals surface area contributed by atoms with E-state index in [9.17, 15) is 4.79 Å². The van der Waals surface area contributed by atoms with Crippen LogP contribution < -0.4 is 10.1 Å². The molecule has 0 spiro atoms. The number of hydrogen-bond acceptors (Lipinski definition) is 3. The standard InChI is InChI=1S/C19H30N2O2/c1-21(17-10-5-3-4-6-11-17)15-19(22)20-14-13-16-9-7-8-12-18(16)23-2/h7-9,12,17H,3-6,10-11,13-15H2,1-2H3,(H,20,22). The van der Waals surface area contributed by atoms with Gasteiger partial charge in [0.1, 0.15) is 5.75 Å². The van der Waals surface area contributed by atoms with E-state index < -0.39 is 0 Å². The number of nitrogens with one attached hydrogen (secondary N) is 1. The van der Waals surface area contributed by atoms with E-state index in [-0.39, 0.29) is 5.91 Å². The molecule has 1 aliphatic carbocycles. The first-order valence-corrected chi connectivity index (χ1v) is 8.79. The van der Waals surface area contributed by atoms with Gasteiger partial charge in [0.25, 0.3) is 0 Å². The van der Waals surface area contributed by atoms with Crippen LogP contribution in [0.1, 0.15) is 44.1 Å². The fraction of sp³-hybridized carbons (Fsp3) is 0.632. The minimum atomic E-state index is 0.117. The summed E-state index contributed by atoms with van der Waals surface area (Å²) < 4.78 is 5.34. The van der Waals surface area contributed by atoms with Crippen molar-refractivity contribution in [2.75, 3.05) is 27.2 Å². The lowest BCUT2D eigenvalue weighted by Gasteiger charge is -2.26. The first kappa shape index (κ1) is 17.8. The minimum Gasteiger partial charge on any atom is -0.496 e. The summed E-state index contributed by atoms with van der Waals surface area (Å²) in [4.78, 5) is 14.4.